The SMILES string of the molecule is Cc1cccc(C(=O)NC(=S)Nc2cccc(NC(=O)C3CCCCC3)c2)c1. The van der Waals surface area contributed by atoms with Crippen LogP contribution in [0.25, 0.3) is 0 Å². The highest BCUT2D eigenvalue weighted by atomic mass is 32.1. The molecule has 146 valence electrons. The van der Waals surface area contributed by atoms with Crippen LogP contribution in [0, 0.1) is 12.8 Å². The lowest BCUT2D eigenvalue weighted by atomic mass is 9.88. The summed E-state index contributed by atoms with van der Waals surface area (Å²) in [7, 11) is 0. The predicted molar refractivity (Wildman–Crippen MR) is 117 cm³/mol. The summed E-state index contributed by atoms with van der Waals surface area (Å²) >= 11 is 5.25. The minimum Gasteiger partial charge on any atom is -0.332 e. The van der Waals surface area contributed by atoms with E-state index in [1.165, 1.54) is 6.42 Å². The molecule has 0 heterocycles. The number of hydrogen-bond acceptors (Lipinski definition) is 3. The molecule has 0 unspecified atom stereocenters. The average molecular weight is 396 g/mol. The summed E-state index contributed by atoms with van der Waals surface area (Å²) in [6, 6.07) is 14.6. The molecule has 5 nitrogen and oxygen atoms in total. The molecule has 0 radical (unpaired) electrons. The van der Waals surface area contributed by atoms with Gasteiger partial charge < -0.3 is 10.6 Å². The molecular weight excluding hydrogens is 370 g/mol. The Morgan fingerprint density at radius 1 is 0.929 bits per heavy atom. The molecule has 3 rings (SSSR count). The Morgan fingerprint density at radius 2 is 1.61 bits per heavy atom. The van der Waals surface area contributed by atoms with Crippen LogP contribution >= 0.6 is 12.2 Å². The first-order chi connectivity index (χ1) is 13.5. The van der Waals surface area contributed by atoms with E-state index in [0.717, 1.165) is 31.2 Å². The molecule has 3 N–H and O–H groups in total. The summed E-state index contributed by atoms with van der Waals surface area (Å²) < 4.78 is 0. The van der Waals surface area contributed by atoms with Crippen molar-refractivity contribution in [3.8, 4) is 0 Å². The molecular formula is C22H25N3O2S. The van der Waals surface area contributed by atoms with Crippen LogP contribution in [-0.2, 0) is 4.79 Å². The lowest BCUT2D eigenvalue weighted by molar-refractivity contribution is -0.120. The van der Waals surface area contributed by atoms with E-state index in [4.69, 9.17) is 12.2 Å². The molecule has 2 aromatic rings. The molecule has 6 heteroatoms. The molecule has 0 spiro atoms. The standard InChI is InChI=1S/C22H25N3O2S/c1-15-7-5-10-17(13-15)21(27)25-22(28)24-19-12-6-11-18(14-19)23-20(26)16-8-3-2-4-9-16/h5-7,10-14,16H,2-4,8-9H2,1H3,(H,23,26)(H2,24,25,27,28). The molecule has 2 aromatic carbocycles. The van der Waals surface area contributed by atoms with Crippen molar-refractivity contribution in [1.82, 2.24) is 5.32 Å². The Labute approximate surface area is 170 Å². The van der Waals surface area contributed by atoms with Crippen molar-refractivity contribution in [2.24, 2.45) is 5.92 Å². The summed E-state index contributed by atoms with van der Waals surface area (Å²) in [5, 5.41) is 8.88. The number of benzene rings is 2. The molecule has 0 bridgehead atoms. The summed E-state index contributed by atoms with van der Waals surface area (Å²) in [6.45, 7) is 1.93. The smallest absolute Gasteiger partial charge is 0.257 e. The molecule has 0 saturated heterocycles. The monoisotopic (exact) mass is 395 g/mol. The van der Waals surface area contributed by atoms with Crippen LogP contribution in [0.3, 0.4) is 0 Å². The minimum atomic E-state index is -0.261. The summed E-state index contributed by atoms with van der Waals surface area (Å²) in [5.74, 6) is -0.0878. The van der Waals surface area contributed by atoms with Crippen molar-refractivity contribution in [2.75, 3.05) is 10.6 Å². The van der Waals surface area contributed by atoms with Gasteiger partial charge in [-0.15, -0.1) is 0 Å². The van der Waals surface area contributed by atoms with Crippen LogP contribution in [0.4, 0.5) is 11.4 Å². The Hall–Kier alpha value is -2.73. The van der Waals surface area contributed by atoms with Crippen molar-refractivity contribution in [3.05, 3.63) is 59.7 Å². The Kier molecular flexibility index (Phi) is 6.76. The van der Waals surface area contributed by atoms with E-state index in [2.05, 4.69) is 16.0 Å². The summed E-state index contributed by atoms with van der Waals surface area (Å²) in [5.41, 5.74) is 2.98. The van der Waals surface area contributed by atoms with Crippen molar-refractivity contribution >= 4 is 40.5 Å². The van der Waals surface area contributed by atoms with Crippen LogP contribution < -0.4 is 16.0 Å². The number of amides is 2. The first kappa shape index (κ1) is 20.0. The van der Waals surface area contributed by atoms with Gasteiger partial charge in [-0.1, -0.05) is 43.0 Å². The highest BCUT2D eigenvalue weighted by Gasteiger charge is 2.21. The van der Waals surface area contributed by atoms with E-state index in [9.17, 15) is 9.59 Å². The first-order valence-electron chi connectivity index (χ1n) is 9.61. The summed E-state index contributed by atoms with van der Waals surface area (Å²) in [6.07, 6.45) is 5.37. The molecule has 2 amide bonds. The number of thiocarbonyl (C=S) groups is 1. The summed E-state index contributed by atoms with van der Waals surface area (Å²) in [4.78, 5) is 24.7. The Balaban J connectivity index is 1.56. The molecule has 28 heavy (non-hydrogen) atoms. The number of hydrogen-bond donors (Lipinski definition) is 3. The fourth-order valence-electron chi connectivity index (χ4n) is 3.41. The van der Waals surface area contributed by atoms with E-state index in [1.54, 1.807) is 12.1 Å². The number of nitrogens with one attached hydrogen (secondary N) is 3. The molecule has 1 fully saturated rings. The Morgan fingerprint density at radius 3 is 2.32 bits per heavy atom. The van der Waals surface area contributed by atoms with Crippen LogP contribution in [0.5, 0.6) is 0 Å². The lowest BCUT2D eigenvalue weighted by Gasteiger charge is -2.21. The minimum absolute atomic E-state index is 0.0761. The maximum Gasteiger partial charge on any atom is 0.257 e. The van der Waals surface area contributed by atoms with Crippen LogP contribution in [0.2, 0.25) is 0 Å². The van der Waals surface area contributed by atoms with E-state index < -0.39 is 0 Å². The van der Waals surface area contributed by atoms with Gasteiger partial charge in [0.15, 0.2) is 5.11 Å². The zero-order chi connectivity index (χ0) is 19.9. The third kappa shape index (κ3) is 5.63. The highest BCUT2D eigenvalue weighted by Crippen LogP contribution is 2.25. The van der Waals surface area contributed by atoms with E-state index in [0.29, 0.717) is 16.9 Å². The lowest BCUT2D eigenvalue weighted by Crippen LogP contribution is -2.34. The predicted octanol–water partition coefficient (Wildman–Crippen LogP) is 4.64. The zero-order valence-electron chi connectivity index (χ0n) is 16.0. The third-order valence-electron chi connectivity index (χ3n) is 4.87. The van der Waals surface area contributed by atoms with Gasteiger partial charge in [-0.3, -0.25) is 14.9 Å². The van der Waals surface area contributed by atoms with Gasteiger partial charge >= 0.3 is 0 Å². The molecule has 0 aromatic heterocycles. The van der Waals surface area contributed by atoms with Gasteiger partial charge in [-0.25, -0.2) is 0 Å². The van der Waals surface area contributed by atoms with E-state index >= 15 is 0 Å². The maximum atomic E-state index is 12.4. The van der Waals surface area contributed by atoms with Crippen molar-refractivity contribution in [1.29, 1.82) is 0 Å². The fraction of sp³-hybridized carbons (Fsp3) is 0.318. The average Bonchev–Trinajstić information content (AvgIpc) is 2.69. The van der Waals surface area contributed by atoms with E-state index in [1.807, 2.05) is 43.3 Å². The largest absolute Gasteiger partial charge is 0.332 e. The molecule has 0 atom stereocenters. The van der Waals surface area contributed by atoms with Gasteiger partial charge in [-0.05, 0) is 62.3 Å². The van der Waals surface area contributed by atoms with Gasteiger partial charge in [0, 0.05) is 22.9 Å². The Bertz CT molecular complexity index is 876. The van der Waals surface area contributed by atoms with Crippen molar-refractivity contribution in [3.63, 3.8) is 0 Å². The normalized spacial score (nSPS) is 14.2. The maximum absolute atomic E-state index is 12.4. The van der Waals surface area contributed by atoms with Gasteiger partial charge in [0.25, 0.3) is 5.91 Å². The van der Waals surface area contributed by atoms with Crippen molar-refractivity contribution < 1.29 is 9.59 Å². The van der Waals surface area contributed by atoms with E-state index in [-0.39, 0.29) is 22.8 Å². The van der Waals surface area contributed by atoms with Gasteiger partial charge in [0.2, 0.25) is 5.91 Å². The number of aryl methyl sites for hydroxylation is 1. The zero-order valence-corrected chi connectivity index (χ0v) is 16.8. The van der Waals surface area contributed by atoms with Crippen LogP contribution in [0.1, 0.15) is 48.0 Å². The van der Waals surface area contributed by atoms with Gasteiger partial charge in [0.05, 0.1) is 0 Å². The molecule has 1 aliphatic rings. The number of rotatable bonds is 4. The number of carbonyl (C=O) groups excluding carboxylic acids is 2. The second-order valence-corrected chi connectivity index (χ2v) is 7.59. The van der Waals surface area contributed by atoms with Crippen LogP contribution in [0.15, 0.2) is 48.5 Å². The van der Waals surface area contributed by atoms with Crippen LogP contribution in [-0.4, -0.2) is 16.9 Å². The number of carbonyl (C=O) groups is 2. The second-order valence-electron chi connectivity index (χ2n) is 7.18. The van der Waals surface area contributed by atoms with Gasteiger partial charge in [-0.2, -0.15) is 0 Å². The highest BCUT2D eigenvalue weighted by molar-refractivity contribution is 7.80. The number of anilines is 2. The van der Waals surface area contributed by atoms with Crippen molar-refractivity contribution in [2.45, 2.75) is 39.0 Å². The third-order valence-corrected chi connectivity index (χ3v) is 5.08. The second kappa shape index (κ2) is 9.46. The first-order valence-corrected chi connectivity index (χ1v) is 10.0. The fourth-order valence-corrected chi connectivity index (χ4v) is 3.62. The molecule has 1 aliphatic carbocycles. The molecule has 1 saturated carbocycles. The quantitative estimate of drug-likeness (QED) is 0.660. The van der Waals surface area contributed by atoms with Gasteiger partial charge in [0.1, 0.15) is 0 Å². The molecule has 0 aliphatic heterocycles. The topological polar surface area (TPSA) is 70.2 Å².